The molecule has 3 aliphatic carbocycles. The number of fused-ring (bicyclic) bond motifs is 1. The number of aliphatic hydroxyl groups is 2. The molecule has 2 fully saturated rings. The summed E-state index contributed by atoms with van der Waals surface area (Å²) >= 11 is 0. The van der Waals surface area contributed by atoms with E-state index in [9.17, 15) is 15.0 Å². The quantitative estimate of drug-likeness (QED) is 0.608. The van der Waals surface area contributed by atoms with Crippen molar-refractivity contribution in [2.75, 3.05) is 0 Å². The summed E-state index contributed by atoms with van der Waals surface area (Å²) in [7, 11) is 0. The molecule has 0 aliphatic heterocycles. The Bertz CT molecular complexity index is 637. The van der Waals surface area contributed by atoms with Crippen LogP contribution in [0.25, 0.3) is 0 Å². The van der Waals surface area contributed by atoms with E-state index in [1.807, 2.05) is 6.92 Å². The minimum Gasteiger partial charge on any atom is -0.391 e. The second kappa shape index (κ2) is 4.81. The van der Waals surface area contributed by atoms with Gasteiger partial charge in [0.2, 0.25) is 0 Å². The molecule has 0 aromatic heterocycles. The first-order valence-electron chi connectivity index (χ1n) is 8.02. The number of carbonyl (C=O) groups is 1. The fraction of sp³-hybridized carbons (Fsp3) is 0.632. The second-order valence-corrected chi connectivity index (χ2v) is 7.39. The zero-order chi connectivity index (χ0) is 16.3. The van der Waals surface area contributed by atoms with E-state index < -0.39 is 23.5 Å². The predicted octanol–water partition coefficient (Wildman–Crippen LogP) is 2.38. The molecule has 3 unspecified atom stereocenters. The molecule has 3 atom stereocenters. The number of hydrogen-bond donors (Lipinski definition) is 2. The summed E-state index contributed by atoms with van der Waals surface area (Å²) < 4.78 is 0. The molecule has 0 aromatic rings. The summed E-state index contributed by atoms with van der Waals surface area (Å²) in [5.41, 5.74) is 1.49. The van der Waals surface area contributed by atoms with Crippen LogP contribution in [0.15, 0.2) is 23.3 Å². The lowest BCUT2D eigenvalue weighted by atomic mass is 9.69. The van der Waals surface area contributed by atoms with E-state index in [0.717, 1.165) is 30.4 Å². The Balaban J connectivity index is 2.15. The number of hydrogen-bond acceptors (Lipinski definition) is 3. The van der Waals surface area contributed by atoms with Crippen molar-refractivity contribution in [3.8, 4) is 11.8 Å². The van der Waals surface area contributed by atoms with E-state index in [2.05, 4.69) is 18.4 Å². The SMILES string of the molecule is C=C1C(O)C2C(=C(CCC#CC)C13CC3)C(=O)C(C)(C)C2O. The van der Waals surface area contributed by atoms with Crippen molar-refractivity contribution in [3.63, 3.8) is 0 Å². The third-order valence-electron chi connectivity index (χ3n) is 5.88. The number of rotatable bonds is 2. The van der Waals surface area contributed by atoms with Gasteiger partial charge in [-0.05, 0) is 31.8 Å². The van der Waals surface area contributed by atoms with Crippen molar-refractivity contribution in [2.24, 2.45) is 16.7 Å². The van der Waals surface area contributed by atoms with Crippen LogP contribution in [0.4, 0.5) is 0 Å². The first-order valence-corrected chi connectivity index (χ1v) is 8.02. The van der Waals surface area contributed by atoms with E-state index in [1.165, 1.54) is 0 Å². The average molecular weight is 300 g/mol. The van der Waals surface area contributed by atoms with Gasteiger partial charge in [0, 0.05) is 23.3 Å². The smallest absolute Gasteiger partial charge is 0.167 e. The van der Waals surface area contributed by atoms with Crippen LogP contribution in [0.2, 0.25) is 0 Å². The van der Waals surface area contributed by atoms with Crippen LogP contribution >= 0.6 is 0 Å². The third-order valence-corrected chi connectivity index (χ3v) is 5.88. The monoisotopic (exact) mass is 300 g/mol. The molecule has 2 N–H and O–H groups in total. The Morgan fingerprint density at radius 3 is 2.50 bits per heavy atom. The molecule has 3 rings (SSSR count). The molecule has 0 bridgehead atoms. The molecule has 0 radical (unpaired) electrons. The van der Waals surface area contributed by atoms with Gasteiger partial charge in [-0.25, -0.2) is 0 Å². The highest BCUT2D eigenvalue weighted by molar-refractivity contribution is 6.05. The molecule has 3 nitrogen and oxygen atoms in total. The van der Waals surface area contributed by atoms with Gasteiger partial charge in [0.1, 0.15) is 0 Å². The maximum Gasteiger partial charge on any atom is 0.167 e. The topological polar surface area (TPSA) is 57.5 Å². The normalized spacial score (nSPS) is 34.5. The molecule has 3 aliphatic rings. The molecule has 0 amide bonds. The molecular formula is C19H24O3. The number of ketones is 1. The largest absolute Gasteiger partial charge is 0.391 e. The minimum atomic E-state index is -0.856. The Morgan fingerprint density at radius 2 is 1.95 bits per heavy atom. The zero-order valence-corrected chi connectivity index (χ0v) is 13.6. The highest BCUT2D eigenvalue weighted by atomic mass is 16.3. The van der Waals surface area contributed by atoms with Crippen molar-refractivity contribution >= 4 is 5.78 Å². The van der Waals surface area contributed by atoms with Crippen LogP contribution in [0.1, 0.15) is 46.5 Å². The second-order valence-electron chi connectivity index (χ2n) is 7.39. The van der Waals surface area contributed by atoms with Gasteiger partial charge in [0.15, 0.2) is 5.78 Å². The van der Waals surface area contributed by atoms with Crippen LogP contribution in [0.3, 0.4) is 0 Å². The lowest BCUT2D eigenvalue weighted by Crippen LogP contribution is -2.40. The predicted molar refractivity (Wildman–Crippen MR) is 84.8 cm³/mol. The molecule has 0 aromatic carbocycles. The third kappa shape index (κ3) is 1.81. The van der Waals surface area contributed by atoms with Crippen molar-refractivity contribution in [1.29, 1.82) is 0 Å². The molecule has 118 valence electrons. The lowest BCUT2D eigenvalue weighted by molar-refractivity contribution is -0.124. The van der Waals surface area contributed by atoms with Gasteiger partial charge in [-0.2, -0.15) is 0 Å². The zero-order valence-electron chi connectivity index (χ0n) is 13.6. The summed E-state index contributed by atoms with van der Waals surface area (Å²) in [5, 5.41) is 21.3. The van der Waals surface area contributed by atoms with Gasteiger partial charge >= 0.3 is 0 Å². The molecule has 0 saturated heterocycles. The highest BCUT2D eigenvalue weighted by Gasteiger charge is 2.63. The van der Waals surface area contributed by atoms with E-state index in [1.54, 1.807) is 13.8 Å². The molecule has 22 heavy (non-hydrogen) atoms. The van der Waals surface area contributed by atoms with Gasteiger partial charge in [-0.15, -0.1) is 11.8 Å². The molecular weight excluding hydrogens is 276 g/mol. The average Bonchev–Trinajstić information content (AvgIpc) is 3.24. The van der Waals surface area contributed by atoms with Gasteiger partial charge in [-0.3, -0.25) is 4.79 Å². The fourth-order valence-electron chi connectivity index (χ4n) is 4.29. The fourth-order valence-corrected chi connectivity index (χ4v) is 4.29. The lowest BCUT2D eigenvalue weighted by Gasteiger charge is -2.38. The Kier molecular flexibility index (Phi) is 3.39. The number of Topliss-reactive ketones (excluding diaryl/α,β-unsaturated/α-hetero) is 1. The maximum absolute atomic E-state index is 12.9. The Morgan fingerprint density at radius 1 is 1.32 bits per heavy atom. The van der Waals surface area contributed by atoms with Crippen LogP contribution < -0.4 is 0 Å². The van der Waals surface area contributed by atoms with Crippen molar-refractivity contribution in [3.05, 3.63) is 23.3 Å². The Hall–Kier alpha value is -1.37. The van der Waals surface area contributed by atoms with E-state index in [-0.39, 0.29) is 11.2 Å². The molecule has 2 saturated carbocycles. The summed E-state index contributed by atoms with van der Waals surface area (Å²) in [6.45, 7) is 9.46. The van der Waals surface area contributed by atoms with Gasteiger partial charge in [-0.1, -0.05) is 26.0 Å². The van der Waals surface area contributed by atoms with Gasteiger partial charge in [0.25, 0.3) is 0 Å². The van der Waals surface area contributed by atoms with E-state index in [4.69, 9.17) is 0 Å². The van der Waals surface area contributed by atoms with Gasteiger partial charge < -0.3 is 10.2 Å². The van der Waals surface area contributed by atoms with Crippen molar-refractivity contribution < 1.29 is 15.0 Å². The van der Waals surface area contributed by atoms with Crippen LogP contribution in [0.5, 0.6) is 0 Å². The van der Waals surface area contributed by atoms with E-state index >= 15 is 0 Å². The highest BCUT2D eigenvalue weighted by Crippen LogP contribution is 2.66. The van der Waals surface area contributed by atoms with Crippen LogP contribution in [0, 0.1) is 28.6 Å². The summed E-state index contributed by atoms with van der Waals surface area (Å²) in [6, 6.07) is 0. The summed E-state index contributed by atoms with van der Waals surface area (Å²) in [6.07, 6.45) is 1.64. The molecule has 3 heteroatoms. The van der Waals surface area contributed by atoms with Crippen LogP contribution in [-0.4, -0.2) is 28.2 Å². The maximum atomic E-state index is 12.9. The minimum absolute atomic E-state index is 0.0118. The van der Waals surface area contributed by atoms with Gasteiger partial charge in [0.05, 0.1) is 17.6 Å². The summed E-state index contributed by atoms with van der Waals surface area (Å²) in [4.78, 5) is 12.9. The van der Waals surface area contributed by atoms with E-state index in [0.29, 0.717) is 12.0 Å². The van der Waals surface area contributed by atoms with Crippen molar-refractivity contribution in [1.82, 2.24) is 0 Å². The standard InChI is InChI=1S/C19H24O3/c1-5-6-7-8-12-13-14(17(22)18(3,4)16(13)21)15(20)11(2)19(12)9-10-19/h14-15,17,20,22H,2,7-10H2,1,3-4H3. The van der Waals surface area contributed by atoms with Crippen LogP contribution in [-0.2, 0) is 4.79 Å². The molecule has 1 spiro atoms. The number of allylic oxidation sites excluding steroid dienone is 1. The molecule has 0 heterocycles. The first-order chi connectivity index (χ1) is 10.3. The first kappa shape index (κ1) is 15.5. The number of carbonyl (C=O) groups excluding carboxylic acids is 1. The van der Waals surface area contributed by atoms with Crippen molar-refractivity contribution in [2.45, 2.75) is 58.7 Å². The summed E-state index contributed by atoms with van der Waals surface area (Å²) in [5.74, 6) is 5.42. The number of aliphatic hydroxyl groups excluding tert-OH is 2. The Labute approximate surface area is 132 Å².